The van der Waals surface area contributed by atoms with Crippen molar-refractivity contribution >= 4 is 23.4 Å². The average Bonchev–Trinajstić information content (AvgIpc) is 3.49. The second-order valence-corrected chi connectivity index (χ2v) is 7.80. The van der Waals surface area contributed by atoms with Crippen LogP contribution in [-0.2, 0) is 14.4 Å². The quantitative estimate of drug-likeness (QED) is 0.748. The van der Waals surface area contributed by atoms with Gasteiger partial charge in [0, 0.05) is 12.0 Å². The molecule has 0 spiro atoms. The summed E-state index contributed by atoms with van der Waals surface area (Å²) >= 11 is 0. The minimum absolute atomic E-state index is 0.0114. The highest BCUT2D eigenvalue weighted by molar-refractivity contribution is 6.23. The molecule has 0 aromatic heterocycles. The van der Waals surface area contributed by atoms with Crippen LogP contribution in [0.1, 0.15) is 51.4 Å². The van der Waals surface area contributed by atoms with Crippen molar-refractivity contribution in [2.75, 3.05) is 12.0 Å². The van der Waals surface area contributed by atoms with Crippen molar-refractivity contribution in [2.45, 2.75) is 63.5 Å². The summed E-state index contributed by atoms with van der Waals surface area (Å²) in [7, 11) is 1.57. The Kier molecular flexibility index (Phi) is 4.89. The van der Waals surface area contributed by atoms with E-state index in [-0.39, 0.29) is 36.1 Å². The zero-order valence-corrected chi connectivity index (χ0v) is 15.7. The zero-order valence-electron chi connectivity index (χ0n) is 15.7. The van der Waals surface area contributed by atoms with E-state index in [4.69, 9.17) is 4.74 Å². The van der Waals surface area contributed by atoms with Crippen LogP contribution in [0.4, 0.5) is 5.69 Å². The van der Waals surface area contributed by atoms with Gasteiger partial charge in [0.05, 0.1) is 19.2 Å². The molecule has 3 amide bonds. The molecule has 1 unspecified atom stereocenters. The number of amides is 3. The van der Waals surface area contributed by atoms with Gasteiger partial charge in [-0.3, -0.25) is 14.4 Å². The van der Waals surface area contributed by atoms with Crippen molar-refractivity contribution in [3.05, 3.63) is 24.3 Å². The maximum Gasteiger partial charge on any atom is 0.257 e. The van der Waals surface area contributed by atoms with E-state index in [1.54, 1.807) is 36.3 Å². The number of carbonyl (C=O) groups is 3. The number of carbonyl (C=O) groups excluding carboxylic acids is 3. The summed E-state index contributed by atoms with van der Waals surface area (Å²) in [6.07, 6.45) is 7.07. The molecule has 0 bridgehead atoms. The normalized spacial score (nSPS) is 23.6. The van der Waals surface area contributed by atoms with E-state index in [2.05, 4.69) is 0 Å². The Hall–Kier alpha value is -2.37. The van der Waals surface area contributed by atoms with Crippen LogP contribution >= 0.6 is 0 Å². The zero-order chi connectivity index (χ0) is 19.0. The highest BCUT2D eigenvalue weighted by Gasteiger charge is 2.49. The molecule has 2 aliphatic carbocycles. The Bertz CT molecular complexity index is 735. The topological polar surface area (TPSA) is 66.9 Å². The predicted octanol–water partition coefficient (Wildman–Crippen LogP) is 2.90. The fourth-order valence-electron chi connectivity index (χ4n) is 4.34. The standard InChI is InChI=1S/C21H26N2O4/c1-27-17-11-9-16(10-12-17)23-19(24)13-18(21(23)26)22(15-7-8-15)20(25)14-5-3-2-4-6-14/h9-12,14-15,18H,2-8,13H2,1H3. The van der Waals surface area contributed by atoms with Gasteiger partial charge in [-0.15, -0.1) is 0 Å². The largest absolute Gasteiger partial charge is 0.497 e. The summed E-state index contributed by atoms with van der Waals surface area (Å²) in [4.78, 5) is 41.9. The Morgan fingerprint density at radius 2 is 1.70 bits per heavy atom. The lowest BCUT2D eigenvalue weighted by molar-refractivity contribution is -0.143. The molecular formula is C21H26N2O4. The smallest absolute Gasteiger partial charge is 0.257 e. The molecule has 144 valence electrons. The number of methoxy groups -OCH3 is 1. The van der Waals surface area contributed by atoms with Crippen LogP contribution < -0.4 is 9.64 Å². The van der Waals surface area contributed by atoms with Gasteiger partial charge in [0.15, 0.2) is 0 Å². The highest BCUT2D eigenvalue weighted by atomic mass is 16.5. The lowest BCUT2D eigenvalue weighted by Crippen LogP contribution is -2.49. The van der Waals surface area contributed by atoms with E-state index in [0.717, 1.165) is 38.5 Å². The molecule has 0 radical (unpaired) electrons. The van der Waals surface area contributed by atoms with Gasteiger partial charge < -0.3 is 9.64 Å². The van der Waals surface area contributed by atoms with E-state index in [1.165, 1.54) is 11.3 Å². The van der Waals surface area contributed by atoms with Gasteiger partial charge in [-0.25, -0.2) is 4.90 Å². The van der Waals surface area contributed by atoms with Crippen LogP contribution in [0, 0.1) is 5.92 Å². The number of benzene rings is 1. The molecule has 1 atom stereocenters. The molecule has 6 nitrogen and oxygen atoms in total. The molecule has 3 fully saturated rings. The molecular weight excluding hydrogens is 344 g/mol. The van der Waals surface area contributed by atoms with E-state index in [1.807, 2.05) is 0 Å². The van der Waals surface area contributed by atoms with Crippen LogP contribution in [0.15, 0.2) is 24.3 Å². The van der Waals surface area contributed by atoms with Gasteiger partial charge in [0.2, 0.25) is 11.8 Å². The fraction of sp³-hybridized carbons (Fsp3) is 0.571. The van der Waals surface area contributed by atoms with Crippen LogP contribution in [0.5, 0.6) is 5.75 Å². The molecule has 3 aliphatic rings. The monoisotopic (exact) mass is 370 g/mol. The van der Waals surface area contributed by atoms with E-state index in [9.17, 15) is 14.4 Å². The molecule has 1 heterocycles. The summed E-state index contributed by atoms with van der Waals surface area (Å²) in [6, 6.07) is 6.35. The summed E-state index contributed by atoms with van der Waals surface area (Å²) in [6.45, 7) is 0. The number of ether oxygens (including phenoxy) is 1. The number of imide groups is 1. The third-order valence-electron chi connectivity index (χ3n) is 5.94. The number of hydrogen-bond acceptors (Lipinski definition) is 4. The lowest BCUT2D eigenvalue weighted by Gasteiger charge is -2.32. The molecule has 1 aromatic rings. The van der Waals surface area contributed by atoms with E-state index in [0.29, 0.717) is 11.4 Å². The molecule has 2 saturated carbocycles. The number of rotatable bonds is 5. The van der Waals surface area contributed by atoms with Gasteiger partial charge in [0.1, 0.15) is 11.8 Å². The first-order valence-electron chi connectivity index (χ1n) is 9.93. The molecule has 0 N–H and O–H groups in total. The molecule has 27 heavy (non-hydrogen) atoms. The molecule has 1 saturated heterocycles. The van der Waals surface area contributed by atoms with Crippen molar-refractivity contribution in [1.82, 2.24) is 4.90 Å². The number of nitrogens with zero attached hydrogens (tertiary/aromatic N) is 2. The SMILES string of the molecule is COc1ccc(N2C(=O)CC(N(C(=O)C3CCCCC3)C3CC3)C2=O)cc1. The van der Waals surface area contributed by atoms with Crippen molar-refractivity contribution < 1.29 is 19.1 Å². The maximum absolute atomic E-state index is 13.2. The molecule has 1 aromatic carbocycles. The van der Waals surface area contributed by atoms with Crippen LogP contribution in [0.3, 0.4) is 0 Å². The minimum Gasteiger partial charge on any atom is -0.497 e. The van der Waals surface area contributed by atoms with Gasteiger partial charge in [0.25, 0.3) is 5.91 Å². The Morgan fingerprint density at radius 1 is 1.04 bits per heavy atom. The van der Waals surface area contributed by atoms with E-state index >= 15 is 0 Å². The Morgan fingerprint density at radius 3 is 2.30 bits per heavy atom. The summed E-state index contributed by atoms with van der Waals surface area (Å²) in [5, 5.41) is 0. The summed E-state index contributed by atoms with van der Waals surface area (Å²) in [5.74, 6) is 0.247. The van der Waals surface area contributed by atoms with Crippen LogP contribution in [0.2, 0.25) is 0 Å². The first kappa shape index (κ1) is 18.0. The van der Waals surface area contributed by atoms with Crippen molar-refractivity contribution in [3.63, 3.8) is 0 Å². The molecule has 4 rings (SSSR count). The average molecular weight is 370 g/mol. The van der Waals surface area contributed by atoms with Gasteiger partial charge in [-0.1, -0.05) is 19.3 Å². The van der Waals surface area contributed by atoms with E-state index < -0.39 is 6.04 Å². The van der Waals surface area contributed by atoms with Gasteiger partial charge >= 0.3 is 0 Å². The predicted molar refractivity (Wildman–Crippen MR) is 100 cm³/mol. The third kappa shape index (κ3) is 3.45. The van der Waals surface area contributed by atoms with Crippen molar-refractivity contribution in [1.29, 1.82) is 0 Å². The second kappa shape index (κ2) is 7.33. The molecule has 6 heteroatoms. The first-order chi connectivity index (χ1) is 13.1. The highest BCUT2D eigenvalue weighted by Crippen LogP contribution is 2.37. The van der Waals surface area contributed by atoms with Crippen LogP contribution in [-0.4, -0.2) is 41.8 Å². The van der Waals surface area contributed by atoms with Crippen LogP contribution in [0.25, 0.3) is 0 Å². The van der Waals surface area contributed by atoms with Gasteiger partial charge in [-0.2, -0.15) is 0 Å². The maximum atomic E-state index is 13.2. The summed E-state index contributed by atoms with van der Waals surface area (Å²) < 4.78 is 5.14. The van der Waals surface area contributed by atoms with Crippen molar-refractivity contribution in [2.24, 2.45) is 5.92 Å². The van der Waals surface area contributed by atoms with Gasteiger partial charge in [-0.05, 0) is 49.9 Å². The lowest BCUT2D eigenvalue weighted by atomic mass is 9.88. The second-order valence-electron chi connectivity index (χ2n) is 7.80. The fourth-order valence-corrected chi connectivity index (χ4v) is 4.34. The Labute approximate surface area is 159 Å². The third-order valence-corrected chi connectivity index (χ3v) is 5.94. The minimum atomic E-state index is -0.651. The Balaban J connectivity index is 1.55. The summed E-state index contributed by atoms with van der Waals surface area (Å²) in [5.41, 5.74) is 0.536. The number of hydrogen-bond donors (Lipinski definition) is 0. The molecule has 1 aliphatic heterocycles. The number of anilines is 1. The first-order valence-corrected chi connectivity index (χ1v) is 9.93. The van der Waals surface area contributed by atoms with Crippen molar-refractivity contribution in [3.8, 4) is 5.75 Å².